The Morgan fingerprint density at radius 2 is 2.17 bits per heavy atom. The summed E-state index contributed by atoms with van der Waals surface area (Å²) in [6, 6.07) is 0.0765. The number of ether oxygens (including phenoxy) is 1. The van der Waals surface area contributed by atoms with Gasteiger partial charge in [-0.2, -0.15) is 0 Å². The maximum atomic E-state index is 11.3. The highest BCUT2D eigenvalue weighted by molar-refractivity contribution is 5.88. The lowest BCUT2D eigenvalue weighted by molar-refractivity contribution is -0.119. The average Bonchev–Trinajstić information content (AvgIpc) is 2.73. The van der Waals surface area contributed by atoms with Crippen LogP contribution in [0.5, 0.6) is 0 Å². The Labute approximate surface area is 110 Å². The third-order valence-electron chi connectivity index (χ3n) is 3.51. The molecule has 0 saturated heterocycles. The van der Waals surface area contributed by atoms with Crippen molar-refractivity contribution in [3.8, 4) is 0 Å². The number of rotatable bonds is 4. The Morgan fingerprint density at radius 3 is 2.56 bits per heavy atom. The highest BCUT2D eigenvalue weighted by Gasteiger charge is 2.34. The van der Waals surface area contributed by atoms with Crippen LogP contribution in [-0.2, 0) is 9.53 Å². The summed E-state index contributed by atoms with van der Waals surface area (Å²) in [6.45, 7) is 12.8. The molecule has 4 heteroatoms. The largest absolute Gasteiger partial charge is 0.477 e. The van der Waals surface area contributed by atoms with Crippen molar-refractivity contribution in [1.29, 1.82) is 0 Å². The third kappa shape index (κ3) is 3.72. The van der Waals surface area contributed by atoms with Crippen molar-refractivity contribution in [3.05, 3.63) is 0 Å². The molecule has 3 atom stereocenters. The Bertz CT molecular complexity index is 331. The average molecular weight is 254 g/mol. The van der Waals surface area contributed by atoms with E-state index in [-0.39, 0.29) is 23.4 Å². The molecule has 0 aromatic rings. The quantitative estimate of drug-likeness (QED) is 0.837. The predicted molar refractivity (Wildman–Crippen MR) is 73.7 cm³/mol. The van der Waals surface area contributed by atoms with Crippen molar-refractivity contribution in [1.82, 2.24) is 5.32 Å². The summed E-state index contributed by atoms with van der Waals surface area (Å²) in [7, 11) is 0. The van der Waals surface area contributed by atoms with Crippen molar-refractivity contribution in [2.24, 2.45) is 16.3 Å². The van der Waals surface area contributed by atoms with Gasteiger partial charge in [-0.05, 0) is 11.3 Å². The zero-order valence-electron chi connectivity index (χ0n) is 12.4. The highest BCUT2D eigenvalue weighted by Crippen LogP contribution is 2.27. The SMILES string of the molecule is CC[C@H](C)[C@H](NC(C)=O)C1=NC(C(C)(C)C)CO1. The molecule has 0 bridgehead atoms. The fraction of sp³-hybridized carbons (Fsp3) is 0.857. The summed E-state index contributed by atoms with van der Waals surface area (Å²) in [5.74, 6) is 0.983. The van der Waals surface area contributed by atoms with Crippen LogP contribution in [0.15, 0.2) is 4.99 Å². The van der Waals surface area contributed by atoms with E-state index in [2.05, 4.69) is 44.9 Å². The first kappa shape index (κ1) is 15.0. The zero-order chi connectivity index (χ0) is 13.9. The normalized spacial score (nSPS) is 23.0. The van der Waals surface area contributed by atoms with Gasteiger partial charge in [-0.3, -0.25) is 4.79 Å². The maximum absolute atomic E-state index is 11.3. The summed E-state index contributed by atoms with van der Waals surface area (Å²) in [5, 5.41) is 2.95. The fourth-order valence-corrected chi connectivity index (χ4v) is 1.91. The molecule has 1 unspecified atom stereocenters. The summed E-state index contributed by atoms with van der Waals surface area (Å²) in [4.78, 5) is 15.9. The van der Waals surface area contributed by atoms with E-state index in [1.54, 1.807) is 0 Å². The van der Waals surface area contributed by atoms with Gasteiger partial charge in [0.1, 0.15) is 12.6 Å². The minimum atomic E-state index is -0.0974. The molecule has 1 rings (SSSR count). The van der Waals surface area contributed by atoms with Gasteiger partial charge in [0.15, 0.2) is 0 Å². The molecule has 0 saturated carbocycles. The number of hydrogen-bond donors (Lipinski definition) is 1. The molecule has 104 valence electrons. The molecule has 1 N–H and O–H groups in total. The summed E-state index contributed by atoms with van der Waals surface area (Å²) >= 11 is 0. The Kier molecular flexibility index (Phi) is 4.77. The minimum Gasteiger partial charge on any atom is -0.477 e. The minimum absolute atomic E-state index is 0.0363. The molecule has 0 aliphatic carbocycles. The standard InChI is InChI=1S/C14H26N2O2/c1-7-9(2)12(15-10(3)17)13-16-11(8-18-13)14(4,5)6/h9,11-12H,7-8H2,1-6H3,(H,15,17)/t9-,11?,12-/m0/s1. The second kappa shape index (κ2) is 5.72. The molecule has 0 aromatic heterocycles. The van der Waals surface area contributed by atoms with Gasteiger partial charge in [-0.15, -0.1) is 0 Å². The molecule has 0 spiro atoms. The Hall–Kier alpha value is -1.06. The topological polar surface area (TPSA) is 50.7 Å². The van der Waals surface area contributed by atoms with Gasteiger partial charge in [0.05, 0.1) is 6.04 Å². The summed E-state index contributed by atoms with van der Waals surface area (Å²) in [5.41, 5.74) is 0.0952. The van der Waals surface area contributed by atoms with Gasteiger partial charge in [0, 0.05) is 6.92 Å². The summed E-state index contributed by atoms with van der Waals surface area (Å²) < 4.78 is 5.71. The summed E-state index contributed by atoms with van der Waals surface area (Å²) in [6.07, 6.45) is 0.980. The Balaban J connectivity index is 2.84. The number of hydrogen-bond acceptors (Lipinski definition) is 3. The van der Waals surface area contributed by atoms with Gasteiger partial charge in [-0.25, -0.2) is 4.99 Å². The van der Waals surface area contributed by atoms with Crippen LogP contribution >= 0.6 is 0 Å². The van der Waals surface area contributed by atoms with E-state index in [1.807, 2.05) is 0 Å². The molecule has 1 aliphatic rings. The van der Waals surface area contributed by atoms with Crippen molar-refractivity contribution in [2.45, 2.75) is 60.0 Å². The molecule has 0 aromatic carbocycles. The molecular formula is C14H26N2O2. The highest BCUT2D eigenvalue weighted by atomic mass is 16.5. The van der Waals surface area contributed by atoms with E-state index < -0.39 is 0 Å². The number of carbonyl (C=O) groups excluding carboxylic acids is 1. The van der Waals surface area contributed by atoms with E-state index in [9.17, 15) is 4.79 Å². The van der Waals surface area contributed by atoms with Gasteiger partial charge < -0.3 is 10.1 Å². The van der Waals surface area contributed by atoms with Crippen LogP contribution in [0.3, 0.4) is 0 Å². The lowest BCUT2D eigenvalue weighted by Crippen LogP contribution is -2.44. The lowest BCUT2D eigenvalue weighted by atomic mass is 9.88. The van der Waals surface area contributed by atoms with Crippen LogP contribution in [0.25, 0.3) is 0 Å². The predicted octanol–water partition coefficient (Wildman–Crippen LogP) is 2.38. The first-order valence-electron chi connectivity index (χ1n) is 6.73. The molecule has 18 heavy (non-hydrogen) atoms. The van der Waals surface area contributed by atoms with Gasteiger partial charge >= 0.3 is 0 Å². The van der Waals surface area contributed by atoms with Gasteiger partial charge in [-0.1, -0.05) is 41.0 Å². The monoisotopic (exact) mass is 254 g/mol. The second-order valence-corrected chi connectivity index (χ2v) is 6.22. The number of nitrogens with one attached hydrogen (secondary N) is 1. The van der Waals surface area contributed by atoms with E-state index in [1.165, 1.54) is 6.92 Å². The van der Waals surface area contributed by atoms with Crippen LogP contribution in [-0.4, -0.2) is 30.5 Å². The van der Waals surface area contributed by atoms with E-state index in [4.69, 9.17) is 4.74 Å². The van der Waals surface area contributed by atoms with Crippen molar-refractivity contribution < 1.29 is 9.53 Å². The van der Waals surface area contributed by atoms with Gasteiger partial charge in [0.2, 0.25) is 11.8 Å². The Morgan fingerprint density at radius 1 is 1.56 bits per heavy atom. The maximum Gasteiger partial charge on any atom is 0.217 e. The smallest absolute Gasteiger partial charge is 0.217 e. The van der Waals surface area contributed by atoms with Crippen LogP contribution in [0, 0.1) is 11.3 Å². The van der Waals surface area contributed by atoms with Crippen LogP contribution in [0.2, 0.25) is 0 Å². The number of carbonyl (C=O) groups is 1. The second-order valence-electron chi connectivity index (χ2n) is 6.22. The lowest BCUT2D eigenvalue weighted by Gasteiger charge is -2.23. The van der Waals surface area contributed by atoms with Gasteiger partial charge in [0.25, 0.3) is 0 Å². The van der Waals surface area contributed by atoms with E-state index in [0.717, 1.165) is 6.42 Å². The first-order valence-corrected chi connectivity index (χ1v) is 6.73. The number of nitrogens with zero attached hydrogens (tertiary/aromatic N) is 1. The van der Waals surface area contributed by atoms with Crippen LogP contribution in [0.1, 0.15) is 48.0 Å². The van der Waals surface area contributed by atoms with Crippen molar-refractivity contribution >= 4 is 11.8 Å². The van der Waals surface area contributed by atoms with E-state index >= 15 is 0 Å². The molecule has 1 amide bonds. The molecule has 0 fully saturated rings. The molecule has 4 nitrogen and oxygen atoms in total. The molecule has 1 aliphatic heterocycles. The molecule has 1 heterocycles. The van der Waals surface area contributed by atoms with Crippen LogP contribution < -0.4 is 5.32 Å². The number of amides is 1. The van der Waals surface area contributed by atoms with E-state index in [0.29, 0.717) is 18.4 Å². The molecular weight excluding hydrogens is 228 g/mol. The fourth-order valence-electron chi connectivity index (χ4n) is 1.91. The molecule has 0 radical (unpaired) electrons. The zero-order valence-corrected chi connectivity index (χ0v) is 12.4. The number of aliphatic imine (C=N–C) groups is 1. The van der Waals surface area contributed by atoms with Crippen molar-refractivity contribution in [3.63, 3.8) is 0 Å². The van der Waals surface area contributed by atoms with Crippen molar-refractivity contribution in [2.75, 3.05) is 6.61 Å². The third-order valence-corrected chi connectivity index (χ3v) is 3.51. The van der Waals surface area contributed by atoms with Crippen LogP contribution in [0.4, 0.5) is 0 Å². The first-order chi connectivity index (χ1) is 8.25.